The van der Waals surface area contributed by atoms with E-state index in [-0.39, 0.29) is 5.41 Å². The lowest BCUT2D eigenvalue weighted by molar-refractivity contribution is -0.0393. The summed E-state index contributed by atoms with van der Waals surface area (Å²) in [7, 11) is 0. The van der Waals surface area contributed by atoms with Gasteiger partial charge in [0.15, 0.2) is 5.82 Å². The van der Waals surface area contributed by atoms with E-state index < -0.39 is 0 Å². The molecule has 4 bridgehead atoms. The number of allylic oxidation sites excluding steroid dienone is 3. The zero-order valence-electron chi connectivity index (χ0n) is 32.8. The van der Waals surface area contributed by atoms with Gasteiger partial charge >= 0.3 is 0 Å². The molecular weight excluding hydrogens is 705 g/mol. The van der Waals surface area contributed by atoms with Gasteiger partial charge in [0, 0.05) is 32.7 Å². The predicted octanol–water partition coefficient (Wildman–Crippen LogP) is 13.4. The van der Waals surface area contributed by atoms with E-state index in [4.69, 9.17) is 15.0 Å². The van der Waals surface area contributed by atoms with E-state index in [2.05, 4.69) is 158 Å². The molecule has 280 valence electrons. The highest BCUT2D eigenvalue weighted by Gasteiger charge is 2.62. The monoisotopic (exact) mass is 748 g/mol. The van der Waals surface area contributed by atoms with Crippen LogP contribution in [0.1, 0.15) is 56.0 Å². The lowest BCUT2D eigenvalue weighted by Gasteiger charge is -2.61. The Morgan fingerprint density at radius 3 is 1.98 bits per heavy atom. The number of rotatable bonds is 6. The summed E-state index contributed by atoms with van der Waals surface area (Å²) in [5, 5.41) is 5.14. The van der Waals surface area contributed by atoms with Gasteiger partial charge in [0.05, 0.1) is 22.4 Å². The third kappa shape index (κ3) is 4.78. The van der Waals surface area contributed by atoms with Crippen molar-refractivity contribution < 1.29 is 0 Å². The van der Waals surface area contributed by atoms with Crippen molar-refractivity contribution in [2.24, 2.45) is 28.7 Å². The first-order valence-electron chi connectivity index (χ1n) is 21.1. The van der Waals surface area contributed by atoms with E-state index in [1.54, 1.807) is 11.1 Å². The zero-order chi connectivity index (χ0) is 38.5. The van der Waals surface area contributed by atoms with Gasteiger partial charge in [0.25, 0.3) is 0 Å². The van der Waals surface area contributed by atoms with Gasteiger partial charge in [-0.15, -0.1) is 0 Å². The zero-order valence-corrected chi connectivity index (χ0v) is 32.8. The Morgan fingerprint density at radius 2 is 1.29 bits per heavy atom. The minimum Gasteiger partial charge on any atom is -0.293 e. The number of nitrogens with zero attached hydrogens (tertiary/aromatic N) is 4. The van der Waals surface area contributed by atoms with E-state index >= 15 is 0 Å². The van der Waals surface area contributed by atoms with E-state index in [0.717, 1.165) is 45.7 Å². The molecule has 2 aromatic heterocycles. The largest absolute Gasteiger partial charge is 0.293 e. The second-order valence-corrected chi connectivity index (χ2v) is 17.3. The summed E-state index contributed by atoms with van der Waals surface area (Å²) >= 11 is 0. The molecule has 4 heteroatoms. The van der Waals surface area contributed by atoms with Crippen LogP contribution in [0.2, 0.25) is 0 Å². The number of aromatic nitrogens is 3. The fourth-order valence-electron chi connectivity index (χ4n) is 12.4. The molecule has 4 nitrogen and oxygen atoms in total. The summed E-state index contributed by atoms with van der Waals surface area (Å²) in [6.07, 6.45) is 11.1. The van der Waals surface area contributed by atoms with Crippen LogP contribution >= 0.6 is 0 Å². The second-order valence-electron chi connectivity index (χ2n) is 17.3. The van der Waals surface area contributed by atoms with Crippen LogP contribution < -0.4 is 0 Å². The number of hydrogen-bond donors (Lipinski definition) is 0. The summed E-state index contributed by atoms with van der Waals surface area (Å²) in [6.45, 7) is 6.31. The van der Waals surface area contributed by atoms with Gasteiger partial charge in [-0.3, -0.25) is 4.57 Å². The van der Waals surface area contributed by atoms with Crippen molar-refractivity contribution in [1.82, 2.24) is 14.5 Å². The molecule has 0 N–H and O–H groups in total. The number of aliphatic imine (C=N–C) groups is 1. The Kier molecular flexibility index (Phi) is 7.45. The summed E-state index contributed by atoms with van der Waals surface area (Å²) < 4.78 is 2.40. The van der Waals surface area contributed by atoms with Crippen LogP contribution in [0.5, 0.6) is 0 Å². The maximum absolute atomic E-state index is 5.12. The molecule has 0 saturated heterocycles. The highest BCUT2D eigenvalue weighted by molar-refractivity contribution is 6.22. The molecule has 58 heavy (non-hydrogen) atoms. The fraction of sp³-hybridized carbons (Fsp3) is 0.204. The summed E-state index contributed by atoms with van der Waals surface area (Å²) in [6, 6.07) is 50.6. The molecule has 1 spiro atoms. The minimum atomic E-state index is 0.0309. The molecule has 4 fully saturated rings. The molecule has 0 atom stereocenters. The first kappa shape index (κ1) is 33.7. The Hall–Kier alpha value is -6.39. The van der Waals surface area contributed by atoms with Crippen molar-refractivity contribution in [3.05, 3.63) is 169 Å². The van der Waals surface area contributed by atoms with Gasteiger partial charge in [0.1, 0.15) is 5.82 Å². The minimum absolute atomic E-state index is 0.0309. The van der Waals surface area contributed by atoms with Gasteiger partial charge in [0.2, 0.25) is 0 Å². The fourth-order valence-corrected chi connectivity index (χ4v) is 12.4. The molecule has 0 radical (unpaired) electrons. The highest BCUT2D eigenvalue weighted by atomic mass is 15.1. The quantitative estimate of drug-likeness (QED) is 0.126. The molecule has 5 aliphatic carbocycles. The van der Waals surface area contributed by atoms with Crippen molar-refractivity contribution in [2.45, 2.75) is 44.4 Å². The summed E-state index contributed by atoms with van der Waals surface area (Å²) in [5.41, 5.74) is 13.3. The van der Waals surface area contributed by atoms with Gasteiger partial charge in [-0.1, -0.05) is 133 Å². The first-order chi connectivity index (χ1) is 28.6. The van der Waals surface area contributed by atoms with Crippen LogP contribution in [0.15, 0.2) is 157 Å². The van der Waals surface area contributed by atoms with Gasteiger partial charge in [-0.2, -0.15) is 0 Å². The van der Waals surface area contributed by atoms with Gasteiger partial charge < -0.3 is 0 Å². The van der Waals surface area contributed by atoms with Crippen LogP contribution in [0.3, 0.4) is 0 Å². The van der Waals surface area contributed by atoms with Crippen LogP contribution in [0.25, 0.3) is 77.6 Å². The van der Waals surface area contributed by atoms with Crippen LogP contribution in [-0.4, -0.2) is 21.3 Å². The van der Waals surface area contributed by atoms with E-state index in [0.29, 0.717) is 17.7 Å². The Balaban J connectivity index is 1.09. The molecule has 2 heterocycles. The highest BCUT2D eigenvalue weighted by Crippen LogP contribution is 2.70. The SMILES string of the molecule is C=N/C(=C\C=C(/C)c1nc(-c2ccccc2)cc(-c2ccccc2)n1)n1c2ccc3c(c2c2ccc4ccccc4c21)C1(c2ccccc2-3)C2CC3CC(C2)CC1C3. The Morgan fingerprint density at radius 1 is 0.655 bits per heavy atom. The van der Waals surface area contributed by atoms with E-state index in [1.165, 1.54) is 75.8 Å². The molecule has 5 aliphatic rings. The number of hydrogen-bond acceptors (Lipinski definition) is 3. The topological polar surface area (TPSA) is 43.1 Å². The predicted molar refractivity (Wildman–Crippen MR) is 241 cm³/mol. The standard InChI is InChI=1S/C54H44N4/c1-33(53-56-46(37-14-5-3-6-15-37)32-47(57-53)38-16-7-4-8-17-38)21-26-49(55-2)58-48-25-24-43-42-19-11-12-20-45(42)54(39-28-34-27-35(30-39)31-40(54)29-34)51(43)50(48)44-23-22-36-13-9-10-18-41(36)52(44)58/h3-26,32,34-35,39-40H,2,27-31H2,1H3/b33-21+,49-26+. The average molecular weight is 749 g/mol. The third-order valence-electron chi connectivity index (χ3n) is 14.4. The van der Waals surface area contributed by atoms with Crippen LogP contribution in [-0.2, 0) is 5.41 Å². The van der Waals surface area contributed by atoms with Crippen molar-refractivity contribution in [1.29, 1.82) is 0 Å². The summed E-state index contributed by atoms with van der Waals surface area (Å²) in [4.78, 5) is 15.1. The lowest BCUT2D eigenvalue weighted by Crippen LogP contribution is -2.55. The normalized spacial score (nSPS) is 23.3. The smallest absolute Gasteiger partial charge is 0.156 e. The third-order valence-corrected chi connectivity index (χ3v) is 14.4. The maximum atomic E-state index is 5.12. The molecule has 13 rings (SSSR count). The lowest BCUT2D eigenvalue weighted by atomic mass is 9.43. The molecule has 0 unspecified atom stereocenters. The van der Waals surface area contributed by atoms with Crippen molar-refractivity contribution >= 4 is 50.7 Å². The molecular formula is C54H44N4. The van der Waals surface area contributed by atoms with E-state index in [9.17, 15) is 0 Å². The average Bonchev–Trinajstić information content (AvgIpc) is 3.77. The van der Waals surface area contributed by atoms with Crippen LogP contribution in [0, 0.1) is 23.7 Å². The van der Waals surface area contributed by atoms with Crippen LogP contribution in [0.4, 0.5) is 0 Å². The Labute approximate surface area is 339 Å². The molecule has 4 saturated carbocycles. The van der Waals surface area contributed by atoms with Gasteiger partial charge in [-0.05, 0) is 121 Å². The summed E-state index contributed by atoms with van der Waals surface area (Å²) in [5.74, 6) is 4.57. The van der Waals surface area contributed by atoms with Crippen molar-refractivity contribution in [2.75, 3.05) is 0 Å². The molecule has 6 aromatic carbocycles. The first-order valence-corrected chi connectivity index (χ1v) is 21.1. The van der Waals surface area contributed by atoms with Crippen molar-refractivity contribution in [3.63, 3.8) is 0 Å². The molecule has 0 amide bonds. The van der Waals surface area contributed by atoms with Crippen molar-refractivity contribution in [3.8, 4) is 33.6 Å². The number of fused-ring (bicyclic) bond motifs is 9. The molecule has 8 aromatic rings. The number of benzene rings is 6. The molecule has 0 aliphatic heterocycles. The second kappa shape index (κ2) is 12.8. The van der Waals surface area contributed by atoms with Gasteiger partial charge in [-0.25, -0.2) is 15.0 Å². The Bertz CT molecular complexity index is 2950. The van der Waals surface area contributed by atoms with E-state index in [1.807, 2.05) is 12.1 Å². The maximum Gasteiger partial charge on any atom is 0.156 e.